The van der Waals surface area contributed by atoms with E-state index in [1.807, 2.05) is 24.5 Å². The largest absolute Gasteiger partial charge is 0.381 e. The lowest BCUT2D eigenvalue weighted by Crippen LogP contribution is -1.98. The van der Waals surface area contributed by atoms with Gasteiger partial charge in [-0.3, -0.25) is 0 Å². The van der Waals surface area contributed by atoms with E-state index in [-0.39, 0.29) is 0 Å². The summed E-state index contributed by atoms with van der Waals surface area (Å²) in [5.41, 5.74) is 0.908. The van der Waals surface area contributed by atoms with Crippen LogP contribution in [0.3, 0.4) is 0 Å². The van der Waals surface area contributed by atoms with Crippen LogP contribution in [0.25, 0.3) is 0 Å². The Labute approximate surface area is 126 Å². The molecule has 0 spiro atoms. The minimum atomic E-state index is 0.671. The summed E-state index contributed by atoms with van der Waals surface area (Å²) in [6.07, 6.45) is 3.90. The minimum Gasteiger partial charge on any atom is -0.381 e. The number of hydrogen-bond donors (Lipinski definition) is 1. The van der Waals surface area contributed by atoms with Crippen molar-refractivity contribution in [1.29, 1.82) is 0 Å². The molecule has 0 aromatic heterocycles. The van der Waals surface area contributed by atoms with Crippen LogP contribution < -0.4 is 5.32 Å². The first kappa shape index (κ1) is 14.7. The van der Waals surface area contributed by atoms with Crippen molar-refractivity contribution < 1.29 is 0 Å². The molecule has 0 fully saturated rings. The van der Waals surface area contributed by atoms with E-state index in [1.54, 1.807) is 11.8 Å². The Morgan fingerprint density at radius 2 is 1.94 bits per heavy atom. The van der Waals surface area contributed by atoms with E-state index in [1.165, 1.54) is 0 Å². The van der Waals surface area contributed by atoms with E-state index in [4.69, 9.17) is 23.2 Å². The van der Waals surface area contributed by atoms with E-state index in [0.717, 1.165) is 14.0 Å². The SMILES string of the molecule is CSc1c(Cl)cc(NCC=C(Br)Br)cc1Cl. The van der Waals surface area contributed by atoms with Crippen LogP contribution >= 0.6 is 66.8 Å². The fourth-order valence-electron chi connectivity index (χ4n) is 1.10. The molecule has 0 saturated heterocycles. The van der Waals surface area contributed by atoms with Gasteiger partial charge in [-0.25, -0.2) is 0 Å². The van der Waals surface area contributed by atoms with Gasteiger partial charge in [0.2, 0.25) is 0 Å². The molecule has 0 amide bonds. The Kier molecular flexibility index (Phi) is 6.59. The molecular weight excluding hydrogens is 397 g/mol. The molecule has 0 aliphatic carbocycles. The van der Waals surface area contributed by atoms with Crippen molar-refractivity contribution in [1.82, 2.24) is 0 Å². The maximum atomic E-state index is 6.10. The third-order valence-electron chi connectivity index (χ3n) is 1.76. The molecule has 0 bridgehead atoms. The molecule has 0 atom stereocenters. The summed E-state index contributed by atoms with van der Waals surface area (Å²) in [6.45, 7) is 0.692. The van der Waals surface area contributed by atoms with Gasteiger partial charge in [0.25, 0.3) is 0 Å². The smallest absolute Gasteiger partial charge is 0.0581 e. The van der Waals surface area contributed by atoms with E-state index in [2.05, 4.69) is 37.2 Å². The Bertz CT molecular complexity index is 383. The number of thioether (sulfide) groups is 1. The van der Waals surface area contributed by atoms with Gasteiger partial charge in [0.05, 0.1) is 13.4 Å². The molecule has 16 heavy (non-hydrogen) atoms. The summed E-state index contributed by atoms with van der Waals surface area (Å²) >= 11 is 20.3. The molecule has 6 heteroatoms. The van der Waals surface area contributed by atoms with E-state index >= 15 is 0 Å². The molecule has 88 valence electrons. The summed E-state index contributed by atoms with van der Waals surface area (Å²) in [6, 6.07) is 3.74. The molecule has 1 N–H and O–H groups in total. The lowest BCUT2D eigenvalue weighted by Gasteiger charge is -2.08. The topological polar surface area (TPSA) is 12.0 Å². The summed E-state index contributed by atoms with van der Waals surface area (Å²) in [5, 5.41) is 4.54. The van der Waals surface area contributed by atoms with E-state index in [9.17, 15) is 0 Å². The van der Waals surface area contributed by atoms with Crippen molar-refractivity contribution in [2.45, 2.75) is 4.90 Å². The van der Waals surface area contributed by atoms with Crippen LogP contribution in [0.2, 0.25) is 10.0 Å². The first-order chi connectivity index (χ1) is 7.54. The molecule has 1 aromatic rings. The van der Waals surface area contributed by atoms with Crippen LogP contribution in [0, 0.1) is 0 Å². The van der Waals surface area contributed by atoms with Gasteiger partial charge in [-0.1, -0.05) is 23.2 Å². The third-order valence-corrected chi connectivity index (χ3v) is 4.08. The molecule has 0 aliphatic rings. The molecular formula is C10H9Br2Cl2NS. The quantitative estimate of drug-likeness (QED) is 0.639. The van der Waals surface area contributed by atoms with Crippen LogP contribution in [0.1, 0.15) is 0 Å². The zero-order valence-corrected chi connectivity index (χ0v) is 13.9. The van der Waals surface area contributed by atoms with Crippen molar-refractivity contribution in [3.05, 3.63) is 31.6 Å². The number of anilines is 1. The maximum absolute atomic E-state index is 6.10. The van der Waals surface area contributed by atoms with Gasteiger partial charge in [-0.2, -0.15) is 0 Å². The van der Waals surface area contributed by atoms with E-state index < -0.39 is 0 Å². The highest BCUT2D eigenvalue weighted by Crippen LogP contribution is 2.35. The van der Waals surface area contributed by atoms with Crippen molar-refractivity contribution in [3.63, 3.8) is 0 Å². The Hall–Kier alpha value is 0.650. The number of nitrogens with one attached hydrogen (secondary N) is 1. The highest BCUT2D eigenvalue weighted by Gasteiger charge is 2.06. The number of rotatable bonds is 4. The monoisotopic (exact) mass is 403 g/mol. The van der Waals surface area contributed by atoms with Crippen LogP contribution in [0.15, 0.2) is 26.5 Å². The molecule has 0 aliphatic heterocycles. The summed E-state index contributed by atoms with van der Waals surface area (Å²) < 4.78 is 0.908. The standard InChI is InChI=1S/C10H9Br2Cl2NS/c1-16-10-7(13)4-6(5-8(10)14)15-3-2-9(11)12/h2,4-5,15H,3H2,1H3. The molecule has 0 radical (unpaired) electrons. The zero-order chi connectivity index (χ0) is 12.1. The van der Waals surface area contributed by atoms with Crippen molar-refractivity contribution in [3.8, 4) is 0 Å². The molecule has 1 rings (SSSR count). The van der Waals surface area contributed by atoms with Gasteiger partial charge in [-0.15, -0.1) is 11.8 Å². The first-order valence-corrected chi connectivity index (χ1v) is 7.89. The maximum Gasteiger partial charge on any atom is 0.0581 e. The van der Waals surface area contributed by atoms with Gasteiger partial charge in [0.15, 0.2) is 0 Å². The Morgan fingerprint density at radius 3 is 2.38 bits per heavy atom. The Balaban J connectivity index is 2.80. The second-order valence-electron chi connectivity index (χ2n) is 2.85. The van der Waals surface area contributed by atoms with Crippen molar-refractivity contribution in [2.75, 3.05) is 18.1 Å². The van der Waals surface area contributed by atoms with Gasteiger partial charge in [0.1, 0.15) is 0 Å². The highest BCUT2D eigenvalue weighted by molar-refractivity contribution is 9.28. The van der Waals surface area contributed by atoms with Crippen LogP contribution in [0.5, 0.6) is 0 Å². The van der Waals surface area contributed by atoms with E-state index in [0.29, 0.717) is 16.6 Å². The molecule has 0 saturated carbocycles. The lowest BCUT2D eigenvalue weighted by molar-refractivity contribution is 1.32. The molecule has 0 heterocycles. The lowest BCUT2D eigenvalue weighted by atomic mass is 10.3. The van der Waals surface area contributed by atoms with Crippen molar-refractivity contribution >= 4 is 72.5 Å². The average Bonchev–Trinajstić information content (AvgIpc) is 2.16. The number of hydrogen-bond acceptors (Lipinski definition) is 2. The first-order valence-electron chi connectivity index (χ1n) is 4.32. The van der Waals surface area contributed by atoms with Crippen LogP contribution in [-0.4, -0.2) is 12.8 Å². The van der Waals surface area contributed by atoms with Gasteiger partial charge < -0.3 is 5.32 Å². The predicted octanol–water partition coefficient (Wildman–Crippen LogP) is 5.76. The highest BCUT2D eigenvalue weighted by atomic mass is 79.9. The van der Waals surface area contributed by atoms with Crippen LogP contribution in [0.4, 0.5) is 5.69 Å². The Morgan fingerprint density at radius 1 is 1.38 bits per heavy atom. The minimum absolute atomic E-state index is 0.671. The number of halogens is 4. The van der Waals surface area contributed by atoms with Crippen molar-refractivity contribution in [2.24, 2.45) is 0 Å². The average molecular weight is 406 g/mol. The van der Waals surface area contributed by atoms with Gasteiger partial charge >= 0.3 is 0 Å². The summed E-state index contributed by atoms with van der Waals surface area (Å²) in [5.74, 6) is 0. The molecule has 1 aromatic carbocycles. The molecule has 0 unspecified atom stereocenters. The zero-order valence-electron chi connectivity index (χ0n) is 8.36. The molecule has 1 nitrogen and oxygen atoms in total. The van der Waals surface area contributed by atoms with Gasteiger partial charge in [0, 0.05) is 17.1 Å². The second kappa shape index (κ2) is 7.17. The third kappa shape index (κ3) is 4.49. The normalized spacial score (nSPS) is 10.1. The number of benzene rings is 1. The summed E-state index contributed by atoms with van der Waals surface area (Å²) in [4.78, 5) is 0.908. The van der Waals surface area contributed by atoms with Crippen LogP contribution in [-0.2, 0) is 0 Å². The van der Waals surface area contributed by atoms with Gasteiger partial charge in [-0.05, 0) is 56.3 Å². The predicted molar refractivity (Wildman–Crippen MR) is 82.7 cm³/mol. The fraction of sp³-hybridized carbons (Fsp3) is 0.200. The summed E-state index contributed by atoms with van der Waals surface area (Å²) in [7, 11) is 0. The second-order valence-corrected chi connectivity index (χ2v) is 7.25. The fourth-order valence-corrected chi connectivity index (χ4v) is 2.88.